The smallest absolute Gasteiger partial charge is 0.152 e. The van der Waals surface area contributed by atoms with Gasteiger partial charge in [0.15, 0.2) is 9.84 Å². The van der Waals surface area contributed by atoms with E-state index in [4.69, 9.17) is 4.74 Å². The Morgan fingerprint density at radius 2 is 1.76 bits per heavy atom. The Kier molecular flexibility index (Phi) is 4.50. The highest BCUT2D eigenvalue weighted by molar-refractivity contribution is 7.91. The van der Waals surface area contributed by atoms with Crippen LogP contribution in [0.25, 0.3) is 0 Å². The second-order valence-electron chi connectivity index (χ2n) is 6.06. The molecular formula is C16H23NO3S. The average molecular weight is 309 g/mol. The van der Waals surface area contributed by atoms with Crippen molar-refractivity contribution in [2.45, 2.75) is 38.3 Å². The predicted molar refractivity (Wildman–Crippen MR) is 83.3 cm³/mol. The van der Waals surface area contributed by atoms with Gasteiger partial charge < -0.3 is 4.74 Å². The van der Waals surface area contributed by atoms with Crippen LogP contribution in [0.2, 0.25) is 0 Å². The van der Waals surface area contributed by atoms with E-state index < -0.39 is 9.84 Å². The van der Waals surface area contributed by atoms with Crippen LogP contribution < -0.4 is 4.74 Å². The first kappa shape index (κ1) is 14.9. The summed E-state index contributed by atoms with van der Waals surface area (Å²) in [5.41, 5.74) is 1.17. The summed E-state index contributed by atoms with van der Waals surface area (Å²) in [7, 11) is -2.81. The quantitative estimate of drug-likeness (QED) is 0.856. The van der Waals surface area contributed by atoms with Crippen LogP contribution in [-0.2, 0) is 16.4 Å². The minimum absolute atomic E-state index is 0.276. The molecular weight excluding hydrogens is 286 g/mol. The van der Waals surface area contributed by atoms with E-state index in [1.165, 1.54) is 18.4 Å². The lowest BCUT2D eigenvalue weighted by atomic mass is 10.1. The molecule has 116 valence electrons. The number of rotatable bonds is 4. The highest BCUT2D eigenvalue weighted by atomic mass is 32.2. The third-order valence-electron chi connectivity index (χ3n) is 4.40. The molecule has 2 aliphatic rings. The van der Waals surface area contributed by atoms with Crippen molar-refractivity contribution >= 4 is 9.84 Å². The van der Waals surface area contributed by atoms with Crippen molar-refractivity contribution in [1.29, 1.82) is 0 Å². The topological polar surface area (TPSA) is 46.6 Å². The molecule has 21 heavy (non-hydrogen) atoms. The van der Waals surface area contributed by atoms with Gasteiger partial charge in [-0.2, -0.15) is 0 Å². The monoisotopic (exact) mass is 309 g/mol. The van der Waals surface area contributed by atoms with E-state index in [0.29, 0.717) is 19.2 Å². The van der Waals surface area contributed by atoms with Gasteiger partial charge in [0, 0.05) is 25.2 Å². The number of nitrogens with zero attached hydrogens (tertiary/aromatic N) is 1. The fourth-order valence-corrected chi connectivity index (χ4v) is 4.36. The summed E-state index contributed by atoms with van der Waals surface area (Å²) < 4.78 is 29.1. The molecule has 5 heteroatoms. The van der Waals surface area contributed by atoms with E-state index in [2.05, 4.69) is 11.0 Å². The molecule has 3 rings (SSSR count). The molecule has 0 aromatic heterocycles. The van der Waals surface area contributed by atoms with Gasteiger partial charge in [-0.15, -0.1) is 0 Å². The predicted octanol–water partition coefficient (Wildman–Crippen LogP) is 2.24. The molecule has 0 radical (unpaired) electrons. The molecule has 4 nitrogen and oxygen atoms in total. The molecule has 0 atom stereocenters. The van der Waals surface area contributed by atoms with Crippen molar-refractivity contribution in [2.75, 3.05) is 24.6 Å². The first-order chi connectivity index (χ1) is 10.1. The van der Waals surface area contributed by atoms with Crippen molar-refractivity contribution < 1.29 is 13.2 Å². The third-order valence-corrected chi connectivity index (χ3v) is 6.01. The maximum absolute atomic E-state index is 11.5. The van der Waals surface area contributed by atoms with Gasteiger partial charge >= 0.3 is 0 Å². The fourth-order valence-electron chi connectivity index (χ4n) is 3.08. The van der Waals surface area contributed by atoms with Crippen LogP contribution in [0.1, 0.15) is 31.2 Å². The highest BCUT2D eigenvalue weighted by Gasteiger charge is 2.23. The lowest BCUT2D eigenvalue weighted by Gasteiger charge is -2.27. The number of ether oxygens (including phenoxy) is 1. The van der Waals surface area contributed by atoms with Crippen molar-refractivity contribution in [3.63, 3.8) is 0 Å². The van der Waals surface area contributed by atoms with E-state index >= 15 is 0 Å². The zero-order valence-corrected chi connectivity index (χ0v) is 13.1. The molecule has 1 aliphatic heterocycles. The SMILES string of the molecule is O=S1(=O)CCN(Cc2ccccc2OC2CCCC2)CC1. The zero-order valence-electron chi connectivity index (χ0n) is 12.3. The van der Waals surface area contributed by atoms with Crippen molar-refractivity contribution in [3.05, 3.63) is 29.8 Å². The largest absolute Gasteiger partial charge is 0.490 e. The molecule has 0 spiro atoms. The van der Waals surface area contributed by atoms with Crippen LogP contribution in [-0.4, -0.2) is 44.0 Å². The molecule has 1 heterocycles. The highest BCUT2D eigenvalue weighted by Crippen LogP contribution is 2.27. The molecule has 0 unspecified atom stereocenters. The maximum Gasteiger partial charge on any atom is 0.152 e. The summed E-state index contributed by atoms with van der Waals surface area (Å²) in [6, 6.07) is 8.16. The number of para-hydroxylation sites is 1. The zero-order chi connectivity index (χ0) is 14.7. The summed E-state index contributed by atoms with van der Waals surface area (Å²) in [5.74, 6) is 1.52. The van der Waals surface area contributed by atoms with Crippen LogP contribution >= 0.6 is 0 Å². The van der Waals surface area contributed by atoms with Crippen molar-refractivity contribution in [1.82, 2.24) is 4.90 Å². The van der Waals surface area contributed by atoms with Gasteiger partial charge in [-0.1, -0.05) is 18.2 Å². The summed E-state index contributed by atoms with van der Waals surface area (Å²) in [4.78, 5) is 2.21. The van der Waals surface area contributed by atoms with Gasteiger partial charge in [-0.05, 0) is 31.7 Å². The average Bonchev–Trinajstić information content (AvgIpc) is 2.96. The molecule has 1 aromatic carbocycles. The number of benzene rings is 1. The Balaban J connectivity index is 1.65. The van der Waals surface area contributed by atoms with Gasteiger partial charge in [-0.25, -0.2) is 8.42 Å². The van der Waals surface area contributed by atoms with Gasteiger partial charge in [0.1, 0.15) is 5.75 Å². The molecule has 0 N–H and O–H groups in total. The number of sulfone groups is 1. The lowest BCUT2D eigenvalue weighted by Crippen LogP contribution is -2.39. The van der Waals surface area contributed by atoms with Crippen LogP contribution in [0.4, 0.5) is 0 Å². The lowest BCUT2D eigenvalue weighted by molar-refractivity contribution is 0.202. The molecule has 1 aromatic rings. The van der Waals surface area contributed by atoms with Crippen LogP contribution in [0, 0.1) is 0 Å². The van der Waals surface area contributed by atoms with Crippen LogP contribution in [0.5, 0.6) is 5.75 Å². The maximum atomic E-state index is 11.5. The second kappa shape index (κ2) is 6.36. The van der Waals surface area contributed by atoms with Crippen LogP contribution in [0.3, 0.4) is 0 Å². The Morgan fingerprint density at radius 3 is 2.48 bits per heavy atom. The molecule has 1 saturated carbocycles. The summed E-state index contributed by atoms with van der Waals surface area (Å²) >= 11 is 0. The van der Waals surface area contributed by atoms with Crippen molar-refractivity contribution in [3.8, 4) is 5.75 Å². The molecule has 1 saturated heterocycles. The van der Waals surface area contributed by atoms with Crippen LogP contribution in [0.15, 0.2) is 24.3 Å². The van der Waals surface area contributed by atoms with Gasteiger partial charge in [-0.3, -0.25) is 4.90 Å². The second-order valence-corrected chi connectivity index (χ2v) is 8.36. The first-order valence-corrected chi connectivity index (χ1v) is 9.62. The van der Waals surface area contributed by atoms with E-state index in [1.54, 1.807) is 0 Å². The molecule has 2 fully saturated rings. The van der Waals surface area contributed by atoms with E-state index in [-0.39, 0.29) is 11.5 Å². The summed E-state index contributed by atoms with van der Waals surface area (Å²) in [6.07, 6.45) is 5.17. The third kappa shape index (κ3) is 3.98. The number of hydrogen-bond acceptors (Lipinski definition) is 4. The van der Waals surface area contributed by atoms with Gasteiger partial charge in [0.25, 0.3) is 0 Å². The standard InChI is InChI=1S/C16H23NO3S/c18-21(19)11-9-17(10-12-21)13-14-5-1-4-8-16(14)20-15-6-2-3-7-15/h1,4-5,8,15H,2-3,6-7,9-13H2. The fraction of sp³-hybridized carbons (Fsp3) is 0.625. The Labute approximate surface area is 127 Å². The normalized spacial score (nSPS) is 23.2. The summed E-state index contributed by atoms with van der Waals surface area (Å²) in [6.45, 7) is 2.03. The molecule has 0 bridgehead atoms. The van der Waals surface area contributed by atoms with E-state index in [1.807, 2.05) is 18.2 Å². The van der Waals surface area contributed by atoms with Gasteiger partial charge in [0.05, 0.1) is 17.6 Å². The van der Waals surface area contributed by atoms with Gasteiger partial charge in [0.2, 0.25) is 0 Å². The van der Waals surface area contributed by atoms with Crippen molar-refractivity contribution in [2.24, 2.45) is 0 Å². The molecule has 1 aliphatic carbocycles. The Morgan fingerprint density at radius 1 is 1.10 bits per heavy atom. The number of hydrogen-bond donors (Lipinski definition) is 0. The minimum Gasteiger partial charge on any atom is -0.490 e. The summed E-state index contributed by atoms with van der Waals surface area (Å²) in [5, 5.41) is 0. The van der Waals surface area contributed by atoms with E-state index in [0.717, 1.165) is 25.1 Å². The first-order valence-electron chi connectivity index (χ1n) is 7.80. The Bertz CT molecular complexity index is 565. The minimum atomic E-state index is -2.81. The Hall–Kier alpha value is -1.07. The van der Waals surface area contributed by atoms with E-state index in [9.17, 15) is 8.42 Å². The molecule has 0 amide bonds.